The smallest absolute Gasteiger partial charge is 0.342 e. The van der Waals surface area contributed by atoms with Crippen LogP contribution in [0.5, 0.6) is 0 Å². The van der Waals surface area contributed by atoms with Gasteiger partial charge < -0.3 is 14.8 Å². The van der Waals surface area contributed by atoms with E-state index in [1.54, 1.807) is 0 Å². The number of carbonyl (C=O) groups is 3. The van der Waals surface area contributed by atoms with Gasteiger partial charge in [-0.3, -0.25) is 14.4 Å². The summed E-state index contributed by atoms with van der Waals surface area (Å²) in [4.78, 5) is 48.0. The van der Waals surface area contributed by atoms with Crippen LogP contribution < -0.4 is 5.43 Å². The number of H-pyrrole nitrogens is 1. The second-order valence-corrected chi connectivity index (χ2v) is 5.97. The van der Waals surface area contributed by atoms with Crippen LogP contribution in [0.4, 0.5) is 13.2 Å². The molecule has 0 unspecified atom stereocenters. The Labute approximate surface area is 147 Å². The monoisotopic (exact) mass is 389 g/mol. The number of fused-ring (bicyclic) bond motifs is 1. The van der Waals surface area contributed by atoms with Gasteiger partial charge in [0, 0.05) is 6.92 Å². The number of aromatic carboxylic acids is 1. The number of benzene rings is 1. The van der Waals surface area contributed by atoms with Crippen molar-refractivity contribution in [1.82, 2.24) is 4.98 Å². The number of nitrogens with one attached hydrogen (secondary N) is 1. The fourth-order valence-electron chi connectivity index (χ4n) is 1.99. The summed E-state index contributed by atoms with van der Waals surface area (Å²) in [6.07, 6.45) is 0. The first-order valence-electron chi connectivity index (χ1n) is 6.88. The van der Waals surface area contributed by atoms with E-state index in [1.165, 1.54) is 0 Å². The summed E-state index contributed by atoms with van der Waals surface area (Å²) in [5, 5.41) is 8.09. The van der Waals surface area contributed by atoms with Crippen molar-refractivity contribution in [1.29, 1.82) is 0 Å². The summed E-state index contributed by atoms with van der Waals surface area (Å²) in [5.74, 6) is -8.61. The maximum absolute atomic E-state index is 13.9. The number of halogens is 3. The largest absolute Gasteiger partial charge is 0.477 e. The maximum atomic E-state index is 13.9. The molecule has 0 saturated carbocycles. The second kappa shape index (κ2) is 7.60. The first-order chi connectivity index (χ1) is 12.1. The van der Waals surface area contributed by atoms with Crippen molar-refractivity contribution >= 4 is 40.4 Å². The van der Waals surface area contributed by atoms with Crippen LogP contribution in [0.1, 0.15) is 17.3 Å². The molecule has 0 saturated heterocycles. The highest BCUT2D eigenvalue weighted by Gasteiger charge is 2.24. The number of hydrogen-bond donors (Lipinski definition) is 2. The van der Waals surface area contributed by atoms with Gasteiger partial charge in [0.2, 0.25) is 5.43 Å². The van der Waals surface area contributed by atoms with Crippen molar-refractivity contribution in [2.24, 2.45) is 0 Å². The SMILES string of the molecule is CC(=O)OCC(=O)CSc1[nH]c2c(F)c(F)c(F)cc2c(=O)c1C(=O)O. The Morgan fingerprint density at radius 2 is 1.88 bits per heavy atom. The summed E-state index contributed by atoms with van der Waals surface area (Å²) in [6, 6.07) is 0.388. The van der Waals surface area contributed by atoms with Gasteiger partial charge in [-0.05, 0) is 6.07 Å². The zero-order chi connectivity index (χ0) is 19.6. The van der Waals surface area contributed by atoms with Gasteiger partial charge in [-0.25, -0.2) is 18.0 Å². The number of hydrogen-bond acceptors (Lipinski definition) is 6. The number of pyridine rings is 1. The minimum Gasteiger partial charge on any atom is -0.477 e. The van der Waals surface area contributed by atoms with Crippen LogP contribution in [0.25, 0.3) is 10.9 Å². The van der Waals surface area contributed by atoms with Gasteiger partial charge in [0.05, 0.1) is 21.7 Å². The van der Waals surface area contributed by atoms with E-state index in [0.29, 0.717) is 17.8 Å². The summed E-state index contributed by atoms with van der Waals surface area (Å²) in [7, 11) is 0. The molecule has 7 nitrogen and oxygen atoms in total. The van der Waals surface area contributed by atoms with Crippen molar-refractivity contribution in [3.05, 3.63) is 39.3 Å². The number of aromatic amines is 1. The third kappa shape index (κ3) is 3.87. The molecular weight excluding hydrogens is 379 g/mol. The Balaban J connectivity index is 2.50. The Hall–Kier alpha value is -2.82. The van der Waals surface area contributed by atoms with E-state index in [1.807, 2.05) is 0 Å². The zero-order valence-corrected chi connectivity index (χ0v) is 13.8. The average Bonchev–Trinajstić information content (AvgIpc) is 2.56. The van der Waals surface area contributed by atoms with Crippen molar-refractivity contribution in [2.75, 3.05) is 12.4 Å². The molecule has 0 bridgehead atoms. The Morgan fingerprint density at radius 3 is 2.46 bits per heavy atom. The van der Waals surface area contributed by atoms with Crippen LogP contribution in [0.3, 0.4) is 0 Å². The van der Waals surface area contributed by atoms with Gasteiger partial charge in [0.15, 0.2) is 29.8 Å². The van der Waals surface area contributed by atoms with Gasteiger partial charge in [-0.2, -0.15) is 0 Å². The number of rotatable bonds is 6. The molecule has 2 rings (SSSR count). The van der Waals surface area contributed by atoms with Crippen molar-refractivity contribution < 1.29 is 37.4 Å². The molecule has 0 aliphatic heterocycles. The lowest BCUT2D eigenvalue weighted by atomic mass is 10.1. The average molecular weight is 389 g/mol. The van der Waals surface area contributed by atoms with Crippen molar-refractivity contribution in [3.63, 3.8) is 0 Å². The maximum Gasteiger partial charge on any atom is 0.342 e. The quantitative estimate of drug-likeness (QED) is 0.440. The lowest BCUT2D eigenvalue weighted by Gasteiger charge is -2.09. The number of carbonyl (C=O) groups excluding carboxylic acids is 2. The van der Waals surface area contributed by atoms with Gasteiger partial charge in [0.1, 0.15) is 5.56 Å². The van der Waals surface area contributed by atoms with Crippen LogP contribution in [0, 0.1) is 17.5 Å². The minimum absolute atomic E-state index is 0.388. The number of ketones is 1. The minimum atomic E-state index is -1.84. The number of aromatic nitrogens is 1. The third-order valence-corrected chi connectivity index (χ3v) is 4.19. The summed E-state index contributed by atoms with van der Waals surface area (Å²) >= 11 is 0.523. The van der Waals surface area contributed by atoms with Gasteiger partial charge in [0.25, 0.3) is 0 Å². The molecule has 0 spiro atoms. The molecule has 2 N–H and O–H groups in total. The standard InChI is InChI=1S/C15H10F3NO6S/c1-5(20)25-3-6(21)4-26-14-9(15(23)24)13(22)7-2-8(16)10(17)11(18)12(7)19-14/h2H,3-4H2,1H3,(H,19,22)(H,23,24). The molecule has 138 valence electrons. The molecule has 1 aromatic carbocycles. The van der Waals surface area contributed by atoms with E-state index in [-0.39, 0.29) is 0 Å². The molecule has 26 heavy (non-hydrogen) atoms. The summed E-state index contributed by atoms with van der Waals surface area (Å²) < 4.78 is 45.1. The zero-order valence-electron chi connectivity index (χ0n) is 13.0. The lowest BCUT2D eigenvalue weighted by Crippen LogP contribution is -2.20. The third-order valence-electron chi connectivity index (χ3n) is 3.13. The Bertz CT molecular complexity index is 988. The number of ether oxygens (including phenoxy) is 1. The molecule has 1 aromatic heterocycles. The van der Waals surface area contributed by atoms with Crippen molar-refractivity contribution in [2.45, 2.75) is 11.9 Å². The molecular formula is C15H10F3NO6S. The van der Waals surface area contributed by atoms with Crippen LogP contribution >= 0.6 is 11.8 Å². The van der Waals surface area contributed by atoms with Gasteiger partial charge >= 0.3 is 11.9 Å². The second-order valence-electron chi connectivity index (χ2n) is 4.98. The Morgan fingerprint density at radius 1 is 1.23 bits per heavy atom. The fraction of sp³-hybridized carbons (Fsp3) is 0.200. The molecule has 1 heterocycles. The lowest BCUT2D eigenvalue weighted by molar-refractivity contribution is -0.145. The highest BCUT2D eigenvalue weighted by atomic mass is 32.2. The summed E-state index contributed by atoms with van der Waals surface area (Å²) in [6.45, 7) is 0.511. The van der Waals surface area contributed by atoms with Crippen molar-refractivity contribution in [3.8, 4) is 0 Å². The number of carboxylic acid groups (broad SMARTS) is 1. The number of thioether (sulfide) groups is 1. The molecule has 0 aliphatic carbocycles. The van der Waals surface area contributed by atoms with Crippen LogP contribution in [0.15, 0.2) is 15.9 Å². The van der Waals surface area contributed by atoms with E-state index in [2.05, 4.69) is 9.72 Å². The van der Waals surface area contributed by atoms with Crippen LogP contribution in [0.2, 0.25) is 0 Å². The highest BCUT2D eigenvalue weighted by Crippen LogP contribution is 2.25. The topological polar surface area (TPSA) is 114 Å². The van der Waals surface area contributed by atoms with E-state index in [9.17, 15) is 37.5 Å². The van der Waals surface area contributed by atoms with Crippen LogP contribution in [-0.4, -0.2) is 40.2 Å². The molecule has 11 heteroatoms. The first kappa shape index (κ1) is 19.5. The van der Waals surface area contributed by atoms with E-state index < -0.39 is 74.5 Å². The van der Waals surface area contributed by atoms with E-state index in [0.717, 1.165) is 6.92 Å². The normalized spacial score (nSPS) is 10.8. The van der Waals surface area contributed by atoms with Gasteiger partial charge in [-0.1, -0.05) is 11.8 Å². The highest BCUT2D eigenvalue weighted by molar-refractivity contribution is 8.00. The van der Waals surface area contributed by atoms with Gasteiger partial charge in [-0.15, -0.1) is 0 Å². The van der Waals surface area contributed by atoms with Crippen LogP contribution in [-0.2, 0) is 14.3 Å². The molecule has 0 atom stereocenters. The summed E-state index contributed by atoms with van der Waals surface area (Å²) in [5.41, 5.74) is -2.82. The Kier molecular flexibility index (Phi) is 5.70. The molecule has 0 fully saturated rings. The first-order valence-corrected chi connectivity index (χ1v) is 7.86. The molecule has 0 radical (unpaired) electrons. The number of Topliss-reactive ketones (excluding diaryl/α,β-unsaturated/α-hetero) is 1. The predicted molar refractivity (Wildman–Crippen MR) is 83.8 cm³/mol. The van der Waals surface area contributed by atoms with E-state index >= 15 is 0 Å². The predicted octanol–water partition coefficient (Wildman–Crippen LogP) is 1.87. The number of carboxylic acids is 1. The number of esters is 1. The fourth-order valence-corrected chi connectivity index (χ4v) is 2.88. The van der Waals surface area contributed by atoms with E-state index in [4.69, 9.17) is 0 Å². The molecule has 0 amide bonds. The molecule has 2 aromatic rings. The molecule has 0 aliphatic rings.